The minimum atomic E-state index is -0.690. The van der Waals surface area contributed by atoms with Crippen LogP contribution in [0.1, 0.15) is 39.8 Å². The molecule has 0 saturated heterocycles. The highest BCUT2D eigenvalue weighted by Gasteiger charge is 2.11. The number of amides is 1. The van der Waals surface area contributed by atoms with Crippen molar-refractivity contribution >= 4 is 5.91 Å². The number of rotatable bonds is 5. The Bertz CT molecular complexity index is 575. The molecule has 0 radical (unpaired) electrons. The SMILES string of the molecule is Cc1ccc(C(=O)NCCC(O)c2ccco2)cc1C. The molecule has 1 heterocycles. The molecule has 2 aromatic rings. The van der Waals surface area contributed by atoms with E-state index in [0.29, 0.717) is 24.3 Å². The van der Waals surface area contributed by atoms with Crippen molar-refractivity contribution in [2.45, 2.75) is 26.4 Å². The summed E-state index contributed by atoms with van der Waals surface area (Å²) < 4.78 is 5.10. The van der Waals surface area contributed by atoms with Crippen LogP contribution in [0.4, 0.5) is 0 Å². The Hall–Kier alpha value is -2.07. The number of carbonyl (C=O) groups is 1. The molecule has 0 fully saturated rings. The first-order valence-corrected chi connectivity index (χ1v) is 6.65. The normalized spacial score (nSPS) is 12.2. The van der Waals surface area contributed by atoms with Crippen molar-refractivity contribution in [3.05, 3.63) is 59.0 Å². The van der Waals surface area contributed by atoms with Crippen LogP contribution in [-0.2, 0) is 0 Å². The van der Waals surface area contributed by atoms with Crippen LogP contribution in [0, 0.1) is 13.8 Å². The third-order valence-electron chi connectivity index (χ3n) is 3.34. The van der Waals surface area contributed by atoms with Gasteiger partial charge < -0.3 is 14.8 Å². The number of hydrogen-bond donors (Lipinski definition) is 2. The maximum Gasteiger partial charge on any atom is 0.251 e. The van der Waals surface area contributed by atoms with Gasteiger partial charge in [0.25, 0.3) is 5.91 Å². The van der Waals surface area contributed by atoms with Crippen LogP contribution in [0.5, 0.6) is 0 Å². The molecule has 1 aromatic heterocycles. The molecular formula is C16H19NO3. The second-order valence-corrected chi connectivity index (χ2v) is 4.87. The second-order valence-electron chi connectivity index (χ2n) is 4.87. The standard InChI is InChI=1S/C16H19NO3/c1-11-5-6-13(10-12(11)2)16(19)17-8-7-14(18)15-4-3-9-20-15/h3-6,9-10,14,18H,7-8H2,1-2H3,(H,17,19). The van der Waals surface area contributed by atoms with E-state index in [4.69, 9.17) is 4.42 Å². The Kier molecular flexibility index (Phi) is 4.58. The molecule has 106 valence electrons. The van der Waals surface area contributed by atoms with E-state index in [0.717, 1.165) is 11.1 Å². The van der Waals surface area contributed by atoms with Gasteiger partial charge in [-0.25, -0.2) is 0 Å². The zero-order valence-corrected chi connectivity index (χ0v) is 11.7. The van der Waals surface area contributed by atoms with E-state index in [1.54, 1.807) is 18.2 Å². The van der Waals surface area contributed by atoms with E-state index >= 15 is 0 Å². The number of hydrogen-bond acceptors (Lipinski definition) is 3. The lowest BCUT2D eigenvalue weighted by molar-refractivity contribution is 0.0936. The number of furan rings is 1. The summed E-state index contributed by atoms with van der Waals surface area (Å²) in [5.74, 6) is 0.394. The molecule has 0 saturated carbocycles. The van der Waals surface area contributed by atoms with Crippen LogP contribution in [0.25, 0.3) is 0 Å². The molecule has 4 heteroatoms. The third kappa shape index (κ3) is 3.48. The van der Waals surface area contributed by atoms with Gasteiger partial charge in [0, 0.05) is 12.1 Å². The zero-order chi connectivity index (χ0) is 14.5. The monoisotopic (exact) mass is 273 g/mol. The molecule has 1 aromatic carbocycles. The average Bonchev–Trinajstić information content (AvgIpc) is 2.95. The Labute approximate surface area is 118 Å². The Balaban J connectivity index is 1.84. The van der Waals surface area contributed by atoms with Crippen molar-refractivity contribution in [2.75, 3.05) is 6.54 Å². The molecular weight excluding hydrogens is 254 g/mol. The van der Waals surface area contributed by atoms with Crippen LogP contribution >= 0.6 is 0 Å². The molecule has 0 spiro atoms. The number of nitrogens with one attached hydrogen (secondary N) is 1. The van der Waals surface area contributed by atoms with Gasteiger partial charge in [-0.15, -0.1) is 0 Å². The molecule has 1 unspecified atom stereocenters. The molecule has 0 bridgehead atoms. The lowest BCUT2D eigenvalue weighted by Gasteiger charge is -2.10. The highest BCUT2D eigenvalue weighted by molar-refractivity contribution is 5.94. The minimum Gasteiger partial charge on any atom is -0.467 e. The largest absolute Gasteiger partial charge is 0.467 e. The van der Waals surface area contributed by atoms with Crippen molar-refractivity contribution in [2.24, 2.45) is 0 Å². The van der Waals surface area contributed by atoms with E-state index in [9.17, 15) is 9.90 Å². The summed E-state index contributed by atoms with van der Waals surface area (Å²) in [6.07, 6.45) is 1.25. The number of aliphatic hydroxyl groups excluding tert-OH is 1. The van der Waals surface area contributed by atoms with Crippen LogP contribution in [0.15, 0.2) is 41.0 Å². The van der Waals surface area contributed by atoms with Crippen LogP contribution in [0.3, 0.4) is 0 Å². The van der Waals surface area contributed by atoms with Crippen LogP contribution < -0.4 is 5.32 Å². The fourth-order valence-electron chi connectivity index (χ4n) is 1.93. The van der Waals surface area contributed by atoms with E-state index in [-0.39, 0.29) is 5.91 Å². The zero-order valence-electron chi connectivity index (χ0n) is 11.7. The van der Waals surface area contributed by atoms with Gasteiger partial charge in [0.05, 0.1) is 6.26 Å². The topological polar surface area (TPSA) is 62.5 Å². The van der Waals surface area contributed by atoms with Gasteiger partial charge in [-0.3, -0.25) is 4.79 Å². The predicted molar refractivity (Wildman–Crippen MR) is 76.5 cm³/mol. The fraction of sp³-hybridized carbons (Fsp3) is 0.312. The lowest BCUT2D eigenvalue weighted by atomic mass is 10.1. The van der Waals surface area contributed by atoms with Gasteiger partial charge in [0.2, 0.25) is 0 Å². The van der Waals surface area contributed by atoms with Crippen LogP contribution in [0.2, 0.25) is 0 Å². The summed E-state index contributed by atoms with van der Waals surface area (Å²) in [4.78, 5) is 12.0. The number of carbonyl (C=O) groups excluding carboxylic acids is 1. The lowest BCUT2D eigenvalue weighted by Crippen LogP contribution is -2.25. The molecule has 20 heavy (non-hydrogen) atoms. The molecule has 0 aliphatic heterocycles. The Morgan fingerprint density at radius 3 is 2.75 bits per heavy atom. The maximum absolute atomic E-state index is 12.0. The quantitative estimate of drug-likeness (QED) is 0.880. The van der Waals surface area contributed by atoms with Gasteiger partial charge >= 0.3 is 0 Å². The summed E-state index contributed by atoms with van der Waals surface area (Å²) in [5.41, 5.74) is 2.89. The smallest absolute Gasteiger partial charge is 0.251 e. The Morgan fingerprint density at radius 1 is 1.30 bits per heavy atom. The van der Waals surface area contributed by atoms with Gasteiger partial charge in [-0.2, -0.15) is 0 Å². The molecule has 2 rings (SSSR count). The molecule has 0 aliphatic rings. The molecule has 0 aliphatic carbocycles. The van der Waals surface area contributed by atoms with Crippen molar-refractivity contribution in [3.8, 4) is 0 Å². The van der Waals surface area contributed by atoms with Gasteiger partial charge in [-0.05, 0) is 55.7 Å². The van der Waals surface area contributed by atoms with E-state index in [2.05, 4.69) is 5.32 Å². The highest BCUT2D eigenvalue weighted by atomic mass is 16.4. The molecule has 1 atom stereocenters. The summed E-state index contributed by atoms with van der Waals surface area (Å²) in [6.45, 7) is 4.39. The van der Waals surface area contributed by atoms with Crippen molar-refractivity contribution in [1.82, 2.24) is 5.32 Å². The van der Waals surface area contributed by atoms with Crippen molar-refractivity contribution in [3.63, 3.8) is 0 Å². The first-order chi connectivity index (χ1) is 9.58. The van der Waals surface area contributed by atoms with Crippen LogP contribution in [-0.4, -0.2) is 17.6 Å². The highest BCUT2D eigenvalue weighted by Crippen LogP contribution is 2.16. The summed E-state index contributed by atoms with van der Waals surface area (Å²) in [5, 5.41) is 12.6. The van der Waals surface area contributed by atoms with Gasteiger partial charge in [0.15, 0.2) is 0 Å². The fourth-order valence-corrected chi connectivity index (χ4v) is 1.93. The van der Waals surface area contributed by atoms with Crippen molar-refractivity contribution in [1.29, 1.82) is 0 Å². The Morgan fingerprint density at radius 2 is 2.10 bits per heavy atom. The van der Waals surface area contributed by atoms with E-state index in [1.165, 1.54) is 6.26 Å². The van der Waals surface area contributed by atoms with Crippen molar-refractivity contribution < 1.29 is 14.3 Å². The summed E-state index contributed by atoms with van der Waals surface area (Å²) >= 11 is 0. The molecule has 2 N–H and O–H groups in total. The number of benzene rings is 1. The summed E-state index contributed by atoms with van der Waals surface area (Å²) in [7, 11) is 0. The number of aryl methyl sites for hydroxylation is 2. The average molecular weight is 273 g/mol. The summed E-state index contributed by atoms with van der Waals surface area (Å²) in [6, 6.07) is 9.05. The molecule has 4 nitrogen and oxygen atoms in total. The first-order valence-electron chi connectivity index (χ1n) is 6.65. The second kappa shape index (κ2) is 6.39. The third-order valence-corrected chi connectivity index (χ3v) is 3.34. The number of aliphatic hydroxyl groups is 1. The van der Waals surface area contributed by atoms with E-state index < -0.39 is 6.10 Å². The minimum absolute atomic E-state index is 0.125. The van der Waals surface area contributed by atoms with Gasteiger partial charge in [-0.1, -0.05) is 6.07 Å². The predicted octanol–water partition coefficient (Wildman–Crippen LogP) is 2.75. The maximum atomic E-state index is 12.0. The first kappa shape index (κ1) is 14.3. The molecule has 1 amide bonds. The van der Waals surface area contributed by atoms with Gasteiger partial charge in [0.1, 0.15) is 11.9 Å². The van der Waals surface area contributed by atoms with E-state index in [1.807, 2.05) is 26.0 Å².